The smallest absolute Gasteiger partial charge is 0.347 e. The minimum absolute atomic E-state index is 0. The van der Waals surface area contributed by atoms with Crippen molar-refractivity contribution in [2.75, 3.05) is 39.3 Å². The van der Waals surface area contributed by atoms with E-state index >= 15 is 0 Å². The lowest BCUT2D eigenvalue weighted by Crippen LogP contribution is -2.49. The molecular formula is C23H32Cl2N2O3. The first-order valence-electron chi connectivity index (χ1n) is 9.99. The molecule has 1 heterocycles. The molecule has 0 amide bonds. The van der Waals surface area contributed by atoms with E-state index in [1.54, 1.807) is 24.3 Å². The number of aliphatic hydroxyl groups is 1. The molecule has 166 valence electrons. The number of carbonyl (C=O) groups is 1. The van der Waals surface area contributed by atoms with E-state index < -0.39 is 11.6 Å². The Balaban J connectivity index is 0.00000225. The Morgan fingerprint density at radius 2 is 1.40 bits per heavy atom. The summed E-state index contributed by atoms with van der Waals surface area (Å²) in [4.78, 5) is 17.7. The monoisotopic (exact) mass is 454 g/mol. The van der Waals surface area contributed by atoms with E-state index in [0.717, 1.165) is 26.2 Å². The van der Waals surface area contributed by atoms with Crippen molar-refractivity contribution in [3.8, 4) is 0 Å². The van der Waals surface area contributed by atoms with E-state index in [9.17, 15) is 9.90 Å². The van der Waals surface area contributed by atoms with Gasteiger partial charge in [0.1, 0.15) is 6.61 Å². The molecule has 0 spiro atoms. The predicted molar refractivity (Wildman–Crippen MR) is 124 cm³/mol. The van der Waals surface area contributed by atoms with Crippen LogP contribution in [0, 0.1) is 0 Å². The molecule has 2 aromatic carbocycles. The second-order valence-electron chi connectivity index (χ2n) is 7.55. The van der Waals surface area contributed by atoms with Crippen LogP contribution in [0.3, 0.4) is 0 Å². The van der Waals surface area contributed by atoms with Gasteiger partial charge in [0.15, 0.2) is 0 Å². The highest BCUT2D eigenvalue weighted by atomic mass is 35.5. The molecule has 1 aliphatic rings. The normalized spacial score (nSPS) is 15.2. The van der Waals surface area contributed by atoms with Crippen LogP contribution in [0.5, 0.6) is 0 Å². The van der Waals surface area contributed by atoms with Crippen LogP contribution in [0.1, 0.15) is 25.0 Å². The molecule has 1 aliphatic heterocycles. The third-order valence-electron chi connectivity index (χ3n) is 5.46. The molecule has 0 bridgehead atoms. The van der Waals surface area contributed by atoms with Gasteiger partial charge in [0.2, 0.25) is 5.60 Å². The van der Waals surface area contributed by atoms with Gasteiger partial charge in [-0.1, -0.05) is 60.7 Å². The largest absolute Gasteiger partial charge is 0.462 e. The number of nitrogens with zero attached hydrogens (tertiary/aromatic N) is 2. The number of rotatable bonds is 7. The van der Waals surface area contributed by atoms with Crippen molar-refractivity contribution in [2.45, 2.75) is 25.5 Å². The second kappa shape index (κ2) is 12.3. The molecule has 2 aromatic rings. The van der Waals surface area contributed by atoms with Gasteiger partial charge in [-0.2, -0.15) is 0 Å². The maximum Gasteiger partial charge on any atom is 0.347 e. The van der Waals surface area contributed by atoms with Gasteiger partial charge in [0.25, 0.3) is 0 Å². The standard InChI is InChI=1S/C23H30N2O3.2ClH/c1-19(2)25-15-13-24(14-16-25)17-18-28-22(26)23(27,20-9-5-3-6-10-20)21-11-7-4-8-12-21;;/h3-12,19,27H,13-18H2,1-2H3;2*1H. The summed E-state index contributed by atoms with van der Waals surface area (Å²) in [6, 6.07) is 18.5. The van der Waals surface area contributed by atoms with Crippen molar-refractivity contribution < 1.29 is 14.6 Å². The van der Waals surface area contributed by atoms with Gasteiger partial charge in [-0.25, -0.2) is 4.79 Å². The fourth-order valence-corrected chi connectivity index (χ4v) is 3.64. The number of ether oxygens (including phenoxy) is 1. The van der Waals surface area contributed by atoms with E-state index in [1.807, 2.05) is 36.4 Å². The predicted octanol–water partition coefficient (Wildman–Crippen LogP) is 3.34. The zero-order valence-electron chi connectivity index (χ0n) is 17.6. The Labute approximate surface area is 191 Å². The van der Waals surface area contributed by atoms with Crippen LogP contribution in [-0.4, -0.2) is 66.2 Å². The molecule has 0 unspecified atom stereocenters. The van der Waals surface area contributed by atoms with Gasteiger partial charge in [0, 0.05) is 38.8 Å². The summed E-state index contributed by atoms with van der Waals surface area (Å²) < 4.78 is 5.55. The van der Waals surface area contributed by atoms with Crippen molar-refractivity contribution in [3.63, 3.8) is 0 Å². The molecule has 1 saturated heterocycles. The highest BCUT2D eigenvalue weighted by molar-refractivity contribution is 5.86. The summed E-state index contributed by atoms with van der Waals surface area (Å²) in [6.45, 7) is 9.37. The van der Waals surface area contributed by atoms with Crippen LogP contribution in [0.4, 0.5) is 0 Å². The summed E-state index contributed by atoms with van der Waals surface area (Å²) in [5.41, 5.74) is -0.785. The maximum atomic E-state index is 12.9. The Morgan fingerprint density at radius 1 is 0.933 bits per heavy atom. The number of carbonyl (C=O) groups excluding carboxylic acids is 1. The summed E-state index contributed by atoms with van der Waals surface area (Å²) in [5.74, 6) is -0.634. The lowest BCUT2D eigenvalue weighted by atomic mass is 9.86. The fourth-order valence-electron chi connectivity index (χ4n) is 3.64. The van der Waals surface area contributed by atoms with Crippen molar-refractivity contribution >= 4 is 30.8 Å². The van der Waals surface area contributed by atoms with E-state index in [2.05, 4.69) is 23.6 Å². The molecular weight excluding hydrogens is 423 g/mol. The van der Waals surface area contributed by atoms with Crippen molar-refractivity contribution in [3.05, 3.63) is 71.8 Å². The van der Waals surface area contributed by atoms with E-state index in [0.29, 0.717) is 23.7 Å². The molecule has 5 nitrogen and oxygen atoms in total. The summed E-state index contributed by atoms with van der Waals surface area (Å²) in [7, 11) is 0. The summed E-state index contributed by atoms with van der Waals surface area (Å²) >= 11 is 0. The first-order chi connectivity index (χ1) is 13.5. The number of hydrogen-bond acceptors (Lipinski definition) is 5. The molecule has 7 heteroatoms. The molecule has 0 radical (unpaired) electrons. The van der Waals surface area contributed by atoms with E-state index in [4.69, 9.17) is 4.74 Å². The molecule has 3 rings (SSSR count). The fraction of sp³-hybridized carbons (Fsp3) is 0.435. The summed E-state index contributed by atoms with van der Waals surface area (Å²) in [5, 5.41) is 11.4. The van der Waals surface area contributed by atoms with Gasteiger partial charge in [-0.05, 0) is 25.0 Å². The van der Waals surface area contributed by atoms with Gasteiger partial charge < -0.3 is 9.84 Å². The molecule has 1 N–H and O–H groups in total. The first-order valence-corrected chi connectivity index (χ1v) is 9.99. The van der Waals surface area contributed by atoms with Crippen molar-refractivity contribution in [1.29, 1.82) is 0 Å². The number of halogens is 2. The minimum atomic E-state index is -1.81. The molecule has 0 saturated carbocycles. The minimum Gasteiger partial charge on any atom is -0.462 e. The zero-order valence-corrected chi connectivity index (χ0v) is 19.2. The highest BCUT2D eigenvalue weighted by Crippen LogP contribution is 2.31. The van der Waals surface area contributed by atoms with Crippen molar-refractivity contribution in [2.24, 2.45) is 0 Å². The van der Waals surface area contributed by atoms with Gasteiger partial charge in [0.05, 0.1) is 0 Å². The van der Waals surface area contributed by atoms with Crippen LogP contribution >= 0.6 is 24.8 Å². The van der Waals surface area contributed by atoms with Crippen LogP contribution in [0.25, 0.3) is 0 Å². The van der Waals surface area contributed by atoms with Crippen LogP contribution in [0.15, 0.2) is 60.7 Å². The first kappa shape index (κ1) is 26.4. The second-order valence-corrected chi connectivity index (χ2v) is 7.55. The Kier molecular flexibility index (Phi) is 10.8. The average molecular weight is 455 g/mol. The molecule has 0 aliphatic carbocycles. The number of hydrogen-bond donors (Lipinski definition) is 1. The SMILES string of the molecule is CC(C)N1CCN(CCOC(=O)C(O)(c2ccccc2)c2ccccc2)CC1.Cl.Cl. The molecule has 0 atom stereocenters. The van der Waals surface area contributed by atoms with Gasteiger partial charge >= 0.3 is 5.97 Å². The number of piperazine rings is 1. The van der Waals surface area contributed by atoms with Gasteiger partial charge in [-0.15, -0.1) is 24.8 Å². The summed E-state index contributed by atoms with van der Waals surface area (Å²) in [6.07, 6.45) is 0. The lowest BCUT2D eigenvalue weighted by molar-refractivity contribution is -0.162. The Hall–Kier alpha value is -1.63. The lowest BCUT2D eigenvalue weighted by Gasteiger charge is -2.36. The average Bonchev–Trinajstić information content (AvgIpc) is 2.74. The van der Waals surface area contributed by atoms with Crippen LogP contribution < -0.4 is 0 Å². The molecule has 1 fully saturated rings. The van der Waals surface area contributed by atoms with E-state index in [-0.39, 0.29) is 31.4 Å². The quantitative estimate of drug-likeness (QED) is 0.650. The zero-order chi connectivity index (χ0) is 20.0. The number of esters is 1. The van der Waals surface area contributed by atoms with E-state index in [1.165, 1.54) is 0 Å². The molecule has 30 heavy (non-hydrogen) atoms. The third kappa shape index (κ3) is 6.19. The topological polar surface area (TPSA) is 53.0 Å². The Morgan fingerprint density at radius 3 is 1.83 bits per heavy atom. The Bertz CT molecular complexity index is 712. The van der Waals surface area contributed by atoms with Crippen molar-refractivity contribution in [1.82, 2.24) is 9.80 Å². The molecule has 0 aromatic heterocycles. The van der Waals surface area contributed by atoms with Gasteiger partial charge in [-0.3, -0.25) is 9.80 Å². The number of benzene rings is 2. The third-order valence-corrected chi connectivity index (χ3v) is 5.46. The van der Waals surface area contributed by atoms with Crippen LogP contribution in [-0.2, 0) is 15.1 Å². The highest BCUT2D eigenvalue weighted by Gasteiger charge is 2.41. The van der Waals surface area contributed by atoms with Crippen LogP contribution in [0.2, 0.25) is 0 Å². The maximum absolute atomic E-state index is 12.9.